The maximum Gasteiger partial charge on any atom is 0.386 e. The number of alkyl halides is 2. The molecule has 23 heavy (non-hydrogen) atoms. The van der Waals surface area contributed by atoms with E-state index in [1.54, 1.807) is 18.2 Å². The number of nitrogens with one attached hydrogen (secondary N) is 1. The van der Waals surface area contributed by atoms with Crippen molar-refractivity contribution in [2.75, 3.05) is 12.4 Å². The van der Waals surface area contributed by atoms with E-state index in [-0.39, 0.29) is 11.4 Å². The van der Waals surface area contributed by atoms with Gasteiger partial charge >= 0.3 is 11.8 Å². The lowest BCUT2D eigenvalue weighted by atomic mass is 10.0. The molecule has 2 rings (SSSR count). The number of hydrogen-bond donors (Lipinski definition) is 2. The minimum Gasteiger partial charge on any atom is -0.507 e. The highest BCUT2D eigenvalue weighted by molar-refractivity contribution is 6.19. The molecule has 0 radical (unpaired) electrons. The van der Waals surface area contributed by atoms with Gasteiger partial charge in [0.05, 0.1) is 12.7 Å². The molecule has 0 fully saturated rings. The minimum atomic E-state index is -4.35. The van der Waals surface area contributed by atoms with Crippen LogP contribution < -0.4 is 10.1 Å². The van der Waals surface area contributed by atoms with E-state index in [9.17, 15) is 23.5 Å². The van der Waals surface area contributed by atoms with Gasteiger partial charge in [0.1, 0.15) is 11.5 Å². The molecule has 0 spiro atoms. The third-order valence-electron chi connectivity index (χ3n) is 3.05. The molecule has 5 nitrogen and oxygen atoms in total. The first-order valence-electron chi connectivity index (χ1n) is 6.52. The molecule has 0 unspecified atom stereocenters. The van der Waals surface area contributed by atoms with Crippen LogP contribution in [0.2, 0.25) is 0 Å². The third-order valence-corrected chi connectivity index (χ3v) is 3.05. The molecule has 0 aliphatic heterocycles. The van der Waals surface area contributed by atoms with Gasteiger partial charge < -0.3 is 15.2 Å². The van der Waals surface area contributed by atoms with E-state index in [4.69, 9.17) is 4.74 Å². The number of halogens is 2. The lowest BCUT2D eigenvalue weighted by molar-refractivity contribution is -0.133. The van der Waals surface area contributed by atoms with E-state index in [0.717, 1.165) is 12.1 Å². The highest BCUT2D eigenvalue weighted by Crippen LogP contribution is 2.30. The quantitative estimate of drug-likeness (QED) is 0.656. The van der Waals surface area contributed by atoms with Crippen LogP contribution in [0.4, 0.5) is 14.5 Å². The van der Waals surface area contributed by atoms with Gasteiger partial charge in [0.15, 0.2) is 0 Å². The number of ether oxygens (including phenoxy) is 1. The van der Waals surface area contributed by atoms with Crippen molar-refractivity contribution in [1.29, 1.82) is 0 Å². The number of anilines is 1. The minimum absolute atomic E-state index is 0.102. The number of ketones is 1. The number of para-hydroxylation sites is 1. The van der Waals surface area contributed by atoms with Crippen molar-refractivity contribution in [3.05, 3.63) is 54.1 Å². The van der Waals surface area contributed by atoms with Crippen LogP contribution in [-0.2, 0) is 4.79 Å². The summed E-state index contributed by atoms with van der Waals surface area (Å²) in [6.07, 6.45) is 0. The molecule has 2 aromatic carbocycles. The zero-order valence-electron chi connectivity index (χ0n) is 12.0. The maximum atomic E-state index is 14.1. The Bertz CT molecular complexity index is 732. The van der Waals surface area contributed by atoms with Crippen molar-refractivity contribution >= 4 is 17.4 Å². The number of hydrogen-bond acceptors (Lipinski definition) is 4. The van der Waals surface area contributed by atoms with Gasteiger partial charge in [0.2, 0.25) is 5.78 Å². The fraction of sp³-hybridized carbons (Fsp3) is 0.125. The summed E-state index contributed by atoms with van der Waals surface area (Å²) in [6, 6.07) is 10.8. The van der Waals surface area contributed by atoms with Crippen LogP contribution in [0.25, 0.3) is 0 Å². The number of carbonyl (C=O) groups is 2. The van der Waals surface area contributed by atoms with E-state index in [2.05, 4.69) is 0 Å². The van der Waals surface area contributed by atoms with Crippen LogP contribution in [0.5, 0.6) is 11.5 Å². The van der Waals surface area contributed by atoms with Crippen molar-refractivity contribution < 1.29 is 28.2 Å². The topological polar surface area (TPSA) is 75.6 Å². The number of rotatable bonds is 5. The molecule has 0 aliphatic rings. The standard InChI is InChI=1S/C16H13F2NO4/c1-23-11-7-8-13(20)12(9-11)14(21)16(17,18)15(22)19-10-5-3-2-4-6-10/h2-9,20H,1H3,(H,19,22). The van der Waals surface area contributed by atoms with Crippen LogP contribution in [0, 0.1) is 0 Å². The van der Waals surface area contributed by atoms with Gasteiger partial charge in [0, 0.05) is 5.69 Å². The van der Waals surface area contributed by atoms with Crippen LogP contribution in [0.15, 0.2) is 48.5 Å². The number of benzene rings is 2. The largest absolute Gasteiger partial charge is 0.507 e. The number of phenolic OH excluding ortho intramolecular Hbond substituents is 1. The van der Waals surface area contributed by atoms with Gasteiger partial charge in [-0.25, -0.2) is 0 Å². The Morgan fingerprint density at radius 2 is 1.78 bits per heavy atom. The highest BCUT2D eigenvalue weighted by atomic mass is 19.3. The zero-order chi connectivity index (χ0) is 17.0. The molecule has 7 heteroatoms. The van der Waals surface area contributed by atoms with Crippen molar-refractivity contribution in [3.8, 4) is 11.5 Å². The average molecular weight is 321 g/mol. The second kappa shape index (κ2) is 6.43. The lowest BCUT2D eigenvalue weighted by Gasteiger charge is -2.16. The first kappa shape index (κ1) is 16.4. The Morgan fingerprint density at radius 3 is 2.39 bits per heavy atom. The van der Waals surface area contributed by atoms with Crippen molar-refractivity contribution in [2.24, 2.45) is 0 Å². The highest BCUT2D eigenvalue weighted by Gasteiger charge is 2.48. The van der Waals surface area contributed by atoms with Crippen LogP contribution in [0.3, 0.4) is 0 Å². The molecule has 0 aromatic heterocycles. The summed E-state index contributed by atoms with van der Waals surface area (Å²) in [6.45, 7) is 0. The van der Waals surface area contributed by atoms with E-state index in [1.807, 2.05) is 5.32 Å². The predicted octanol–water partition coefficient (Wildman–Crippen LogP) is 2.86. The summed E-state index contributed by atoms with van der Waals surface area (Å²) in [5.41, 5.74) is -0.572. The van der Waals surface area contributed by atoms with Crippen LogP contribution in [0.1, 0.15) is 10.4 Å². The molecule has 0 saturated carbocycles. The van der Waals surface area contributed by atoms with Gasteiger partial charge in [-0.1, -0.05) is 18.2 Å². The maximum absolute atomic E-state index is 14.1. The molecule has 2 aromatic rings. The average Bonchev–Trinajstić information content (AvgIpc) is 2.55. The predicted molar refractivity (Wildman–Crippen MR) is 79.0 cm³/mol. The fourth-order valence-corrected chi connectivity index (χ4v) is 1.83. The molecule has 0 bridgehead atoms. The first-order valence-corrected chi connectivity index (χ1v) is 6.52. The van der Waals surface area contributed by atoms with Gasteiger partial charge in [-0.3, -0.25) is 9.59 Å². The Balaban J connectivity index is 2.27. The van der Waals surface area contributed by atoms with Gasteiger partial charge in [-0.05, 0) is 30.3 Å². The van der Waals surface area contributed by atoms with Crippen molar-refractivity contribution in [3.63, 3.8) is 0 Å². The SMILES string of the molecule is COc1ccc(O)c(C(=O)C(F)(F)C(=O)Nc2ccccc2)c1. The molecular weight excluding hydrogens is 308 g/mol. The molecular formula is C16H13F2NO4. The summed E-state index contributed by atoms with van der Waals surface area (Å²) in [7, 11) is 1.28. The molecule has 1 amide bonds. The third kappa shape index (κ3) is 3.45. The smallest absolute Gasteiger partial charge is 0.386 e. The van der Waals surface area contributed by atoms with Gasteiger partial charge in [-0.15, -0.1) is 0 Å². The Labute approximate surface area is 130 Å². The summed E-state index contributed by atoms with van der Waals surface area (Å²) in [4.78, 5) is 23.7. The second-order valence-corrected chi connectivity index (χ2v) is 4.61. The van der Waals surface area contributed by atoms with Gasteiger partial charge in [-0.2, -0.15) is 8.78 Å². The summed E-state index contributed by atoms with van der Waals surface area (Å²) in [5, 5.41) is 11.6. The Morgan fingerprint density at radius 1 is 1.13 bits per heavy atom. The fourth-order valence-electron chi connectivity index (χ4n) is 1.83. The molecule has 2 N–H and O–H groups in total. The molecule has 0 saturated heterocycles. The van der Waals surface area contributed by atoms with E-state index >= 15 is 0 Å². The number of aromatic hydroxyl groups is 1. The Hall–Kier alpha value is -2.96. The summed E-state index contributed by atoms with van der Waals surface area (Å²) < 4.78 is 33.0. The number of carbonyl (C=O) groups excluding carboxylic acids is 2. The van der Waals surface area contributed by atoms with E-state index in [0.29, 0.717) is 0 Å². The number of Topliss-reactive ketones (excluding diaryl/α,β-unsaturated/α-hetero) is 1. The molecule has 120 valence electrons. The lowest BCUT2D eigenvalue weighted by Crippen LogP contribution is -2.42. The Kier molecular flexibility index (Phi) is 4.59. The molecule has 0 atom stereocenters. The number of phenols is 1. The van der Waals surface area contributed by atoms with Crippen molar-refractivity contribution in [1.82, 2.24) is 0 Å². The second-order valence-electron chi connectivity index (χ2n) is 4.61. The molecule has 0 heterocycles. The van der Waals surface area contributed by atoms with Gasteiger partial charge in [0.25, 0.3) is 0 Å². The van der Waals surface area contributed by atoms with E-state index < -0.39 is 28.9 Å². The first-order chi connectivity index (χ1) is 10.9. The van der Waals surface area contributed by atoms with Crippen molar-refractivity contribution in [2.45, 2.75) is 5.92 Å². The number of methoxy groups -OCH3 is 1. The van der Waals surface area contributed by atoms with E-state index in [1.165, 1.54) is 25.3 Å². The number of amides is 1. The summed E-state index contributed by atoms with van der Waals surface area (Å²) >= 11 is 0. The van der Waals surface area contributed by atoms with Crippen LogP contribution in [-0.4, -0.2) is 29.8 Å². The monoisotopic (exact) mass is 321 g/mol. The zero-order valence-corrected chi connectivity index (χ0v) is 12.0. The summed E-state index contributed by atoms with van der Waals surface area (Å²) in [5.74, 6) is -8.51. The molecule has 0 aliphatic carbocycles. The normalized spacial score (nSPS) is 10.9. The van der Waals surface area contributed by atoms with Crippen LogP contribution >= 0.6 is 0 Å².